The molecule has 3 heterocycles. The van der Waals surface area contributed by atoms with Gasteiger partial charge in [0.05, 0.1) is 5.03 Å². The van der Waals surface area contributed by atoms with E-state index in [-0.39, 0.29) is 17.7 Å². The van der Waals surface area contributed by atoms with Crippen LogP contribution in [0, 0.1) is 5.92 Å². The average Bonchev–Trinajstić information content (AvgIpc) is 3.59. The number of ether oxygens (including phenoxy) is 1. The number of benzene rings is 2. The molecular formula is C33H38N4O4S. The van der Waals surface area contributed by atoms with Crippen LogP contribution in [0.4, 0.5) is 4.79 Å². The van der Waals surface area contributed by atoms with Crippen LogP contribution in [0.3, 0.4) is 0 Å². The van der Waals surface area contributed by atoms with Crippen LogP contribution < -0.4 is 10.6 Å². The molecule has 8 nitrogen and oxygen atoms in total. The SMILES string of the molecule is CC1CC=C2SC(c3ccccc3)=CN2C=C1NC(=O)C1CCCN1C(=O)C(NC(=O)OC(C)(C)C)c1ccccc1. The van der Waals surface area contributed by atoms with Crippen molar-refractivity contribution in [3.8, 4) is 0 Å². The number of nitrogens with zero attached hydrogens (tertiary/aromatic N) is 2. The molecule has 3 unspecified atom stereocenters. The third-order valence-electron chi connectivity index (χ3n) is 7.39. The first-order valence-corrected chi connectivity index (χ1v) is 15.2. The Bertz CT molecular complexity index is 1410. The summed E-state index contributed by atoms with van der Waals surface area (Å²) in [6, 6.07) is 17.7. The fraction of sp³-hybridized carbons (Fsp3) is 0.364. The molecule has 0 radical (unpaired) electrons. The van der Waals surface area contributed by atoms with Crippen molar-refractivity contribution in [1.82, 2.24) is 20.4 Å². The van der Waals surface area contributed by atoms with Crippen LogP contribution in [0.25, 0.3) is 4.91 Å². The van der Waals surface area contributed by atoms with Crippen molar-refractivity contribution in [3.63, 3.8) is 0 Å². The van der Waals surface area contributed by atoms with Crippen LogP contribution >= 0.6 is 11.8 Å². The Morgan fingerprint density at radius 1 is 1.00 bits per heavy atom. The highest BCUT2D eigenvalue weighted by Gasteiger charge is 2.39. The highest BCUT2D eigenvalue weighted by molar-refractivity contribution is 8.12. The minimum Gasteiger partial charge on any atom is -0.444 e. The van der Waals surface area contributed by atoms with Gasteiger partial charge in [0, 0.05) is 35.5 Å². The van der Waals surface area contributed by atoms with Crippen molar-refractivity contribution < 1.29 is 19.1 Å². The Balaban J connectivity index is 1.33. The molecule has 0 aliphatic carbocycles. The third kappa shape index (κ3) is 6.90. The second-order valence-corrected chi connectivity index (χ2v) is 12.9. The van der Waals surface area contributed by atoms with E-state index in [1.165, 1.54) is 0 Å². The van der Waals surface area contributed by atoms with E-state index in [0.717, 1.165) is 27.6 Å². The van der Waals surface area contributed by atoms with Crippen molar-refractivity contribution in [2.24, 2.45) is 5.92 Å². The molecular weight excluding hydrogens is 548 g/mol. The lowest BCUT2D eigenvalue weighted by molar-refractivity contribution is -0.140. The smallest absolute Gasteiger partial charge is 0.408 e. The van der Waals surface area contributed by atoms with Gasteiger partial charge in [-0.1, -0.05) is 85.4 Å². The maximum absolute atomic E-state index is 13.9. The van der Waals surface area contributed by atoms with Crippen molar-refractivity contribution in [1.29, 1.82) is 0 Å². The normalized spacial score (nSPS) is 20.9. The summed E-state index contributed by atoms with van der Waals surface area (Å²) in [6.45, 7) is 7.84. The van der Waals surface area contributed by atoms with Gasteiger partial charge in [-0.2, -0.15) is 0 Å². The fourth-order valence-corrected chi connectivity index (χ4v) is 6.29. The van der Waals surface area contributed by atoms with E-state index in [4.69, 9.17) is 4.74 Å². The summed E-state index contributed by atoms with van der Waals surface area (Å²) in [4.78, 5) is 45.2. The number of allylic oxidation sites excluding steroid dienone is 2. The molecule has 5 rings (SSSR count). The van der Waals surface area contributed by atoms with E-state index >= 15 is 0 Å². The molecule has 220 valence electrons. The summed E-state index contributed by atoms with van der Waals surface area (Å²) in [5.41, 5.74) is 1.87. The van der Waals surface area contributed by atoms with E-state index in [1.807, 2.05) is 42.6 Å². The monoisotopic (exact) mass is 586 g/mol. The first kappa shape index (κ1) is 29.5. The fourth-order valence-electron chi connectivity index (χ4n) is 5.26. The molecule has 42 heavy (non-hydrogen) atoms. The van der Waals surface area contributed by atoms with E-state index < -0.39 is 23.8 Å². The molecule has 1 fully saturated rings. The van der Waals surface area contributed by atoms with E-state index in [0.29, 0.717) is 24.9 Å². The number of carbonyl (C=O) groups is 3. The van der Waals surface area contributed by atoms with Gasteiger partial charge in [0.25, 0.3) is 5.91 Å². The minimum atomic E-state index is -0.972. The quantitative estimate of drug-likeness (QED) is 0.423. The van der Waals surface area contributed by atoms with Crippen LogP contribution in [-0.2, 0) is 14.3 Å². The minimum absolute atomic E-state index is 0.0951. The second kappa shape index (κ2) is 12.5. The molecule has 3 amide bonds. The zero-order chi connectivity index (χ0) is 29.9. The molecule has 1 saturated heterocycles. The van der Waals surface area contributed by atoms with Crippen molar-refractivity contribution in [2.75, 3.05) is 6.54 Å². The van der Waals surface area contributed by atoms with Crippen molar-refractivity contribution >= 4 is 34.6 Å². The summed E-state index contributed by atoms with van der Waals surface area (Å²) in [6.07, 6.45) is 7.63. The maximum Gasteiger partial charge on any atom is 0.408 e. The molecule has 0 saturated carbocycles. The Hall–Kier alpha value is -3.98. The van der Waals surface area contributed by atoms with Crippen LogP contribution in [0.2, 0.25) is 0 Å². The first-order valence-electron chi connectivity index (χ1n) is 14.4. The lowest BCUT2D eigenvalue weighted by atomic mass is 10.0. The predicted molar refractivity (Wildman–Crippen MR) is 165 cm³/mol. The zero-order valence-corrected chi connectivity index (χ0v) is 25.3. The van der Waals surface area contributed by atoms with Gasteiger partial charge in [-0.15, -0.1) is 0 Å². The third-order valence-corrected chi connectivity index (χ3v) is 8.53. The molecule has 2 N–H and O–H groups in total. The molecule has 9 heteroatoms. The molecule has 0 bridgehead atoms. The van der Waals surface area contributed by atoms with Gasteiger partial charge >= 0.3 is 6.09 Å². The van der Waals surface area contributed by atoms with Crippen LogP contribution in [0.1, 0.15) is 64.1 Å². The number of hydrogen-bond acceptors (Lipinski definition) is 6. The largest absolute Gasteiger partial charge is 0.444 e. The zero-order valence-electron chi connectivity index (χ0n) is 24.5. The number of fused-ring (bicyclic) bond motifs is 1. The first-order chi connectivity index (χ1) is 20.1. The Kier molecular flexibility index (Phi) is 8.77. The number of nitrogens with one attached hydrogen (secondary N) is 2. The number of alkyl carbamates (subject to hydrolysis) is 1. The Labute approximate surface area is 251 Å². The van der Waals surface area contributed by atoms with Crippen LogP contribution in [0.5, 0.6) is 0 Å². The van der Waals surface area contributed by atoms with Crippen LogP contribution in [0.15, 0.2) is 89.9 Å². The van der Waals surface area contributed by atoms with Gasteiger partial charge in [0.2, 0.25) is 5.91 Å². The molecule has 2 aromatic carbocycles. The van der Waals surface area contributed by atoms with Gasteiger partial charge in [0.1, 0.15) is 17.7 Å². The summed E-state index contributed by atoms with van der Waals surface area (Å²) < 4.78 is 5.45. The second-order valence-electron chi connectivity index (χ2n) is 11.8. The van der Waals surface area contributed by atoms with Crippen LogP contribution in [-0.4, -0.2) is 45.9 Å². The molecule has 3 aliphatic heterocycles. The van der Waals surface area contributed by atoms with E-state index in [9.17, 15) is 14.4 Å². The van der Waals surface area contributed by atoms with E-state index in [2.05, 4.69) is 46.9 Å². The Morgan fingerprint density at radius 2 is 1.69 bits per heavy atom. The topological polar surface area (TPSA) is 91.0 Å². The highest BCUT2D eigenvalue weighted by Crippen LogP contribution is 2.44. The molecule has 2 aromatic rings. The number of thioether (sulfide) groups is 1. The molecule has 3 aliphatic rings. The maximum atomic E-state index is 13.9. The van der Waals surface area contributed by atoms with E-state index in [1.54, 1.807) is 49.6 Å². The Morgan fingerprint density at radius 3 is 2.38 bits per heavy atom. The van der Waals surface area contributed by atoms with Crippen molar-refractivity contribution in [3.05, 3.63) is 101 Å². The number of amides is 3. The van der Waals surface area contributed by atoms with Gasteiger partial charge < -0.3 is 25.2 Å². The lowest BCUT2D eigenvalue weighted by Crippen LogP contribution is -2.50. The van der Waals surface area contributed by atoms with Gasteiger partial charge in [-0.3, -0.25) is 9.59 Å². The van der Waals surface area contributed by atoms with Gasteiger partial charge in [-0.05, 0) is 51.2 Å². The lowest BCUT2D eigenvalue weighted by Gasteiger charge is -2.30. The molecule has 0 aromatic heterocycles. The summed E-state index contributed by atoms with van der Waals surface area (Å²) >= 11 is 1.72. The summed E-state index contributed by atoms with van der Waals surface area (Å²) in [5, 5.41) is 7.02. The number of carbonyl (C=O) groups excluding carboxylic acids is 3. The predicted octanol–water partition coefficient (Wildman–Crippen LogP) is 6.13. The highest BCUT2D eigenvalue weighted by atomic mass is 32.2. The number of rotatable bonds is 6. The van der Waals surface area contributed by atoms with Gasteiger partial charge in [0.15, 0.2) is 0 Å². The number of likely N-dealkylation sites (tertiary alicyclic amines) is 1. The summed E-state index contributed by atoms with van der Waals surface area (Å²) in [5.74, 6) is -0.453. The average molecular weight is 587 g/mol. The number of hydrogen-bond donors (Lipinski definition) is 2. The molecule has 0 spiro atoms. The summed E-state index contributed by atoms with van der Waals surface area (Å²) in [7, 11) is 0. The van der Waals surface area contributed by atoms with Gasteiger partial charge in [-0.25, -0.2) is 4.79 Å². The molecule has 3 atom stereocenters. The standard InChI is InChI=1S/C33H38N4O4S/c1-22-17-18-28-36(21-27(42-28)23-12-7-5-8-13-23)20-25(22)34-30(38)26-16-11-19-37(26)31(39)29(24-14-9-6-10-15-24)35-32(40)41-33(2,3)4/h5-10,12-15,18,20-22,26,29H,11,16-17,19H2,1-4H3,(H,34,38)(H,35,40). The van der Waals surface area contributed by atoms with Crippen molar-refractivity contribution in [2.45, 2.75) is 64.6 Å².